The third kappa shape index (κ3) is 4.29. The van der Waals surface area contributed by atoms with Gasteiger partial charge in [0.2, 0.25) is 4.34 Å². The number of aromatic nitrogens is 2. The van der Waals surface area contributed by atoms with Crippen molar-refractivity contribution in [1.29, 1.82) is 0 Å². The molecule has 0 aliphatic heterocycles. The number of thiazole rings is 1. The van der Waals surface area contributed by atoms with Crippen molar-refractivity contribution in [2.75, 3.05) is 13.2 Å². The normalized spacial score (nSPS) is 11.4. The summed E-state index contributed by atoms with van der Waals surface area (Å²) in [6.07, 6.45) is 1.51. The molecule has 3 aromatic rings. The number of carbonyl (C=O) groups excluding carboxylic acids is 1. The van der Waals surface area contributed by atoms with Gasteiger partial charge in [-0.1, -0.05) is 6.07 Å². The molecular formula is C15H13N3O5S2. The van der Waals surface area contributed by atoms with Gasteiger partial charge in [-0.15, -0.1) is 11.3 Å². The van der Waals surface area contributed by atoms with Crippen molar-refractivity contribution in [2.45, 2.75) is 4.34 Å². The zero-order valence-electron chi connectivity index (χ0n) is 12.8. The average molecular weight is 379 g/mol. The molecule has 0 saturated heterocycles. The van der Waals surface area contributed by atoms with Gasteiger partial charge in [0, 0.05) is 6.20 Å². The minimum absolute atomic E-state index is 0.0541. The Hall–Kier alpha value is -2.56. The highest BCUT2D eigenvalue weighted by Gasteiger charge is 2.15. The molecule has 0 unspecified atom stereocenters. The van der Waals surface area contributed by atoms with Crippen molar-refractivity contribution in [3.63, 3.8) is 0 Å². The number of benzene rings is 1. The molecule has 0 fully saturated rings. The van der Waals surface area contributed by atoms with Crippen LogP contribution in [0, 0.1) is 0 Å². The summed E-state index contributed by atoms with van der Waals surface area (Å²) in [7, 11) is -3.83. The van der Waals surface area contributed by atoms with E-state index in [0.29, 0.717) is 16.0 Å². The van der Waals surface area contributed by atoms with Gasteiger partial charge in [-0.2, -0.15) is 0 Å². The molecule has 2 N–H and O–H groups in total. The molecule has 0 amide bonds. The Morgan fingerprint density at radius 3 is 2.76 bits per heavy atom. The Labute approximate surface area is 147 Å². The maximum absolute atomic E-state index is 11.7. The Morgan fingerprint density at radius 1 is 1.20 bits per heavy atom. The summed E-state index contributed by atoms with van der Waals surface area (Å²) >= 11 is 0.962. The summed E-state index contributed by atoms with van der Waals surface area (Å²) in [5.74, 6) is -0.0223. The minimum atomic E-state index is -3.83. The van der Waals surface area contributed by atoms with Gasteiger partial charge in [-0.05, 0) is 30.3 Å². The SMILES string of the molecule is NS(=O)(=O)c1nc2ccc(OCCOC(=O)c3ccccn3)cc2s1. The molecule has 10 heteroatoms. The second-order valence-corrected chi connectivity index (χ2v) is 7.62. The van der Waals surface area contributed by atoms with Crippen molar-refractivity contribution in [3.8, 4) is 5.75 Å². The number of hydrogen-bond acceptors (Lipinski definition) is 8. The van der Waals surface area contributed by atoms with Crippen LogP contribution in [0.1, 0.15) is 10.5 Å². The van der Waals surface area contributed by atoms with E-state index in [9.17, 15) is 13.2 Å². The van der Waals surface area contributed by atoms with Gasteiger partial charge in [0.25, 0.3) is 10.0 Å². The lowest BCUT2D eigenvalue weighted by atomic mass is 10.3. The highest BCUT2D eigenvalue weighted by atomic mass is 32.2. The van der Waals surface area contributed by atoms with E-state index in [1.807, 2.05) is 0 Å². The summed E-state index contributed by atoms with van der Waals surface area (Å²) in [6, 6.07) is 9.90. The van der Waals surface area contributed by atoms with Crippen LogP contribution in [-0.4, -0.2) is 37.6 Å². The molecule has 0 spiro atoms. The number of fused-ring (bicyclic) bond motifs is 1. The van der Waals surface area contributed by atoms with Crippen LogP contribution in [0.3, 0.4) is 0 Å². The Morgan fingerprint density at radius 2 is 2.04 bits per heavy atom. The summed E-state index contributed by atoms with van der Waals surface area (Å²) in [6.45, 7) is 0.198. The number of pyridine rings is 1. The molecule has 2 heterocycles. The molecule has 0 bridgehead atoms. The fourth-order valence-electron chi connectivity index (χ4n) is 1.95. The largest absolute Gasteiger partial charge is 0.490 e. The van der Waals surface area contributed by atoms with Gasteiger partial charge >= 0.3 is 5.97 Å². The minimum Gasteiger partial charge on any atom is -0.490 e. The van der Waals surface area contributed by atoms with Crippen LogP contribution in [0.4, 0.5) is 0 Å². The zero-order valence-corrected chi connectivity index (χ0v) is 14.4. The van der Waals surface area contributed by atoms with E-state index in [2.05, 4.69) is 9.97 Å². The molecule has 1 aromatic carbocycles. The first-order chi connectivity index (χ1) is 11.9. The van der Waals surface area contributed by atoms with Gasteiger partial charge < -0.3 is 9.47 Å². The van der Waals surface area contributed by atoms with Gasteiger partial charge in [-0.3, -0.25) is 0 Å². The second-order valence-electron chi connectivity index (χ2n) is 4.85. The molecule has 0 radical (unpaired) electrons. The molecule has 0 saturated carbocycles. The van der Waals surface area contributed by atoms with Crippen molar-refractivity contribution >= 4 is 37.5 Å². The van der Waals surface area contributed by atoms with Crippen molar-refractivity contribution < 1.29 is 22.7 Å². The number of primary sulfonamides is 1. The van der Waals surface area contributed by atoms with Crippen molar-refractivity contribution in [3.05, 3.63) is 48.3 Å². The van der Waals surface area contributed by atoms with E-state index < -0.39 is 16.0 Å². The Balaban J connectivity index is 1.57. The van der Waals surface area contributed by atoms with Crippen LogP contribution in [0.25, 0.3) is 10.2 Å². The van der Waals surface area contributed by atoms with E-state index in [0.717, 1.165) is 11.3 Å². The molecule has 130 valence electrons. The summed E-state index contributed by atoms with van der Waals surface area (Å²) < 4.78 is 33.7. The average Bonchev–Trinajstić information content (AvgIpc) is 3.03. The van der Waals surface area contributed by atoms with E-state index in [-0.39, 0.29) is 23.2 Å². The van der Waals surface area contributed by atoms with Gasteiger partial charge in [0.1, 0.15) is 24.7 Å². The molecule has 0 aliphatic rings. The standard InChI is InChI=1S/C15H13N3O5S2/c16-25(20,21)15-18-11-5-4-10(9-13(11)24-15)22-7-8-23-14(19)12-3-1-2-6-17-12/h1-6,9H,7-8H2,(H2,16,20,21). The van der Waals surface area contributed by atoms with Gasteiger partial charge in [-0.25, -0.2) is 28.3 Å². The summed E-state index contributed by atoms with van der Waals surface area (Å²) in [4.78, 5) is 19.6. The van der Waals surface area contributed by atoms with Crippen molar-refractivity contribution in [2.24, 2.45) is 5.14 Å². The van der Waals surface area contributed by atoms with Crippen LogP contribution in [0.15, 0.2) is 46.9 Å². The fraction of sp³-hybridized carbons (Fsp3) is 0.133. The highest BCUT2D eigenvalue weighted by molar-refractivity contribution is 7.91. The molecule has 25 heavy (non-hydrogen) atoms. The molecule has 2 aromatic heterocycles. The summed E-state index contributed by atoms with van der Waals surface area (Å²) in [5, 5.41) is 5.07. The maximum atomic E-state index is 11.7. The van der Waals surface area contributed by atoms with E-state index in [1.165, 1.54) is 6.20 Å². The monoisotopic (exact) mass is 379 g/mol. The Bertz CT molecular complexity index is 1000. The van der Waals surface area contributed by atoms with E-state index in [4.69, 9.17) is 14.6 Å². The number of ether oxygens (including phenoxy) is 2. The predicted molar refractivity (Wildman–Crippen MR) is 91.0 cm³/mol. The van der Waals surface area contributed by atoms with Gasteiger partial charge in [0.05, 0.1) is 10.2 Å². The number of esters is 1. The maximum Gasteiger partial charge on any atom is 0.357 e. The topological polar surface area (TPSA) is 121 Å². The molecule has 0 atom stereocenters. The lowest BCUT2D eigenvalue weighted by Crippen LogP contribution is -2.13. The first kappa shape index (κ1) is 17.3. The predicted octanol–water partition coefficient (Wildman–Crippen LogP) is 1.57. The summed E-state index contributed by atoms with van der Waals surface area (Å²) in [5.41, 5.74) is 0.743. The van der Waals surface area contributed by atoms with E-state index in [1.54, 1.807) is 36.4 Å². The van der Waals surface area contributed by atoms with Gasteiger partial charge in [0.15, 0.2) is 0 Å². The Kier molecular flexibility index (Phi) is 4.93. The first-order valence-electron chi connectivity index (χ1n) is 7.08. The zero-order chi connectivity index (χ0) is 17.9. The highest BCUT2D eigenvalue weighted by Crippen LogP contribution is 2.28. The number of hydrogen-bond donors (Lipinski definition) is 1. The smallest absolute Gasteiger partial charge is 0.357 e. The van der Waals surface area contributed by atoms with Crippen LogP contribution < -0.4 is 9.88 Å². The fourth-order valence-corrected chi connectivity index (χ4v) is 3.63. The quantitative estimate of drug-likeness (QED) is 0.509. The number of carbonyl (C=O) groups is 1. The lowest BCUT2D eigenvalue weighted by molar-refractivity contribution is 0.0443. The van der Waals surface area contributed by atoms with Crippen LogP contribution in [-0.2, 0) is 14.8 Å². The number of nitrogens with two attached hydrogens (primary N) is 1. The van der Waals surface area contributed by atoms with Crippen LogP contribution >= 0.6 is 11.3 Å². The number of sulfonamides is 1. The molecule has 8 nitrogen and oxygen atoms in total. The molecular weight excluding hydrogens is 366 g/mol. The molecule has 0 aliphatic carbocycles. The third-order valence-electron chi connectivity index (χ3n) is 3.04. The first-order valence-corrected chi connectivity index (χ1v) is 9.44. The lowest BCUT2D eigenvalue weighted by Gasteiger charge is -2.07. The third-order valence-corrected chi connectivity index (χ3v) is 5.38. The second kappa shape index (κ2) is 7.13. The van der Waals surface area contributed by atoms with E-state index >= 15 is 0 Å². The van der Waals surface area contributed by atoms with Crippen molar-refractivity contribution in [1.82, 2.24) is 9.97 Å². The molecule has 3 rings (SSSR count). The van der Waals surface area contributed by atoms with Crippen LogP contribution in [0.5, 0.6) is 5.75 Å². The number of nitrogens with zero attached hydrogens (tertiary/aromatic N) is 2. The number of rotatable bonds is 6. The van der Waals surface area contributed by atoms with Crippen LogP contribution in [0.2, 0.25) is 0 Å².